The lowest BCUT2D eigenvalue weighted by Crippen LogP contribution is -2.30. The van der Waals surface area contributed by atoms with Crippen molar-refractivity contribution in [2.45, 2.75) is 26.5 Å². The number of carbonyl (C=O) groups is 1. The third-order valence-corrected chi connectivity index (χ3v) is 2.68. The smallest absolute Gasteiger partial charge is 0.270 e. The van der Waals surface area contributed by atoms with E-state index >= 15 is 0 Å². The minimum Gasteiger partial charge on any atom is -0.481 e. The predicted molar refractivity (Wildman–Crippen MR) is 73.7 cm³/mol. The zero-order valence-electron chi connectivity index (χ0n) is 11.1. The number of carbonyl (C=O) groups excluding carboxylic acids is 1. The highest BCUT2D eigenvalue weighted by molar-refractivity contribution is 6.30. The molecule has 0 bridgehead atoms. The third kappa shape index (κ3) is 3.67. The van der Waals surface area contributed by atoms with Crippen molar-refractivity contribution in [2.24, 2.45) is 0 Å². The summed E-state index contributed by atoms with van der Waals surface area (Å²) >= 11 is 5.84. The third-order valence-electron chi connectivity index (χ3n) is 2.45. The van der Waals surface area contributed by atoms with Crippen LogP contribution in [0.1, 0.15) is 13.8 Å². The molecule has 106 valence electrons. The van der Waals surface area contributed by atoms with Crippen molar-refractivity contribution < 1.29 is 9.53 Å². The second-order valence-corrected chi connectivity index (χ2v) is 4.44. The Morgan fingerprint density at radius 1 is 1.55 bits per heavy atom. The van der Waals surface area contributed by atoms with E-state index in [0.717, 1.165) is 0 Å². The lowest BCUT2D eigenvalue weighted by atomic mass is 10.3. The van der Waals surface area contributed by atoms with Gasteiger partial charge in [-0.1, -0.05) is 22.8 Å². The first-order valence-electron chi connectivity index (χ1n) is 6.09. The van der Waals surface area contributed by atoms with Crippen molar-refractivity contribution in [2.75, 3.05) is 5.32 Å². The number of nitrogens with one attached hydrogen (secondary N) is 1. The summed E-state index contributed by atoms with van der Waals surface area (Å²) < 4.78 is 5.48. The molecule has 1 N–H and O–H groups in total. The van der Waals surface area contributed by atoms with Crippen LogP contribution in [0.3, 0.4) is 0 Å². The Labute approximate surface area is 120 Å². The largest absolute Gasteiger partial charge is 0.481 e. The topological polar surface area (TPSA) is 81.9 Å². The van der Waals surface area contributed by atoms with E-state index in [1.165, 1.54) is 4.80 Å². The number of amides is 1. The molecule has 20 heavy (non-hydrogen) atoms. The Kier molecular flexibility index (Phi) is 4.52. The molecule has 8 heteroatoms. The molecule has 2 aromatic rings. The highest BCUT2D eigenvalue weighted by atomic mass is 35.5. The van der Waals surface area contributed by atoms with Crippen LogP contribution in [0.15, 0.2) is 24.3 Å². The summed E-state index contributed by atoms with van der Waals surface area (Å²) in [6.45, 7) is 4.08. The number of aromatic nitrogens is 4. The van der Waals surface area contributed by atoms with E-state index in [9.17, 15) is 4.79 Å². The van der Waals surface area contributed by atoms with Crippen molar-refractivity contribution in [1.82, 2.24) is 20.2 Å². The summed E-state index contributed by atoms with van der Waals surface area (Å²) in [5.41, 5.74) is 0. The number of hydrogen-bond acceptors (Lipinski definition) is 5. The Hall–Kier alpha value is -2.15. The molecule has 0 aliphatic rings. The first kappa shape index (κ1) is 14.3. The molecule has 2 rings (SSSR count). The van der Waals surface area contributed by atoms with Gasteiger partial charge in [-0.05, 0) is 37.3 Å². The molecule has 0 aliphatic carbocycles. The zero-order valence-corrected chi connectivity index (χ0v) is 11.8. The minimum absolute atomic E-state index is 0.151. The quantitative estimate of drug-likeness (QED) is 0.909. The SMILES string of the molecule is CCn1nnc(NC(=O)C(C)Oc2cccc(Cl)c2)n1. The lowest BCUT2D eigenvalue weighted by molar-refractivity contribution is -0.122. The van der Waals surface area contributed by atoms with E-state index in [0.29, 0.717) is 17.3 Å². The van der Waals surface area contributed by atoms with Gasteiger partial charge in [0.05, 0.1) is 6.54 Å². The van der Waals surface area contributed by atoms with E-state index in [2.05, 4.69) is 20.7 Å². The maximum Gasteiger partial charge on any atom is 0.270 e. The van der Waals surface area contributed by atoms with E-state index in [4.69, 9.17) is 16.3 Å². The van der Waals surface area contributed by atoms with E-state index in [1.807, 2.05) is 6.92 Å². The molecule has 1 atom stereocenters. The summed E-state index contributed by atoms with van der Waals surface area (Å²) in [7, 11) is 0. The number of hydrogen-bond donors (Lipinski definition) is 1. The summed E-state index contributed by atoms with van der Waals surface area (Å²) in [5.74, 6) is 0.310. The summed E-state index contributed by atoms with van der Waals surface area (Å²) in [6.07, 6.45) is -0.706. The Morgan fingerprint density at radius 3 is 3.00 bits per heavy atom. The number of benzene rings is 1. The zero-order chi connectivity index (χ0) is 14.5. The van der Waals surface area contributed by atoms with Crippen molar-refractivity contribution in [3.05, 3.63) is 29.3 Å². The number of aryl methyl sites for hydroxylation is 1. The van der Waals surface area contributed by atoms with Crippen LogP contribution in [0.5, 0.6) is 5.75 Å². The fourth-order valence-corrected chi connectivity index (χ4v) is 1.62. The van der Waals surface area contributed by atoms with Crippen LogP contribution in [0.25, 0.3) is 0 Å². The predicted octanol–water partition coefficient (Wildman–Crippen LogP) is 1.75. The van der Waals surface area contributed by atoms with Crippen molar-refractivity contribution >= 4 is 23.5 Å². The highest BCUT2D eigenvalue weighted by Gasteiger charge is 2.17. The van der Waals surface area contributed by atoms with Crippen LogP contribution < -0.4 is 10.1 Å². The van der Waals surface area contributed by atoms with Crippen LogP contribution in [0, 0.1) is 0 Å². The number of halogens is 1. The molecule has 0 saturated heterocycles. The van der Waals surface area contributed by atoms with Gasteiger partial charge < -0.3 is 4.74 Å². The van der Waals surface area contributed by atoms with Gasteiger partial charge >= 0.3 is 0 Å². The van der Waals surface area contributed by atoms with Gasteiger partial charge in [0.25, 0.3) is 11.9 Å². The fraction of sp³-hybridized carbons (Fsp3) is 0.333. The number of tetrazole rings is 1. The lowest BCUT2D eigenvalue weighted by Gasteiger charge is -2.13. The molecule has 0 saturated carbocycles. The molecule has 1 amide bonds. The Balaban J connectivity index is 1.95. The molecule has 0 spiro atoms. The van der Waals surface area contributed by atoms with Gasteiger partial charge in [-0.3, -0.25) is 10.1 Å². The molecule has 7 nitrogen and oxygen atoms in total. The van der Waals surface area contributed by atoms with Crippen LogP contribution in [0.2, 0.25) is 5.02 Å². The monoisotopic (exact) mass is 295 g/mol. The number of anilines is 1. The van der Waals surface area contributed by atoms with Gasteiger partial charge in [0, 0.05) is 5.02 Å². The van der Waals surface area contributed by atoms with Crippen molar-refractivity contribution in [3.8, 4) is 5.75 Å². The van der Waals surface area contributed by atoms with Crippen LogP contribution >= 0.6 is 11.6 Å². The van der Waals surface area contributed by atoms with Gasteiger partial charge in [-0.15, -0.1) is 5.10 Å². The molecule has 0 radical (unpaired) electrons. The molecule has 1 aromatic carbocycles. The minimum atomic E-state index is -0.706. The Bertz CT molecular complexity index is 601. The molecule has 1 aromatic heterocycles. The normalized spacial score (nSPS) is 11.9. The van der Waals surface area contributed by atoms with Gasteiger partial charge in [-0.2, -0.15) is 4.80 Å². The first-order chi connectivity index (χ1) is 9.58. The van der Waals surface area contributed by atoms with E-state index in [1.54, 1.807) is 31.2 Å². The van der Waals surface area contributed by atoms with Crippen molar-refractivity contribution in [1.29, 1.82) is 0 Å². The Morgan fingerprint density at radius 2 is 2.35 bits per heavy atom. The maximum absolute atomic E-state index is 11.9. The maximum atomic E-state index is 11.9. The van der Waals surface area contributed by atoms with Gasteiger partial charge in [0.2, 0.25) is 0 Å². The number of rotatable bonds is 5. The van der Waals surface area contributed by atoms with E-state index in [-0.39, 0.29) is 11.9 Å². The van der Waals surface area contributed by atoms with Gasteiger partial charge in [0.15, 0.2) is 6.10 Å². The summed E-state index contributed by atoms with van der Waals surface area (Å²) in [5, 5.41) is 14.5. The number of ether oxygens (including phenoxy) is 1. The first-order valence-corrected chi connectivity index (χ1v) is 6.47. The summed E-state index contributed by atoms with van der Waals surface area (Å²) in [6, 6.07) is 6.83. The van der Waals surface area contributed by atoms with Crippen molar-refractivity contribution in [3.63, 3.8) is 0 Å². The molecule has 0 fully saturated rings. The molecule has 1 heterocycles. The second kappa shape index (κ2) is 6.33. The molecule has 0 aliphatic heterocycles. The molecular weight excluding hydrogens is 282 g/mol. The molecular formula is C12H14ClN5O2. The van der Waals surface area contributed by atoms with Crippen LogP contribution in [-0.2, 0) is 11.3 Å². The van der Waals surface area contributed by atoms with Crippen LogP contribution in [-0.4, -0.2) is 32.2 Å². The average Bonchev–Trinajstić information content (AvgIpc) is 2.86. The highest BCUT2D eigenvalue weighted by Crippen LogP contribution is 2.18. The standard InChI is InChI=1S/C12H14ClN5O2/c1-3-18-16-12(15-17-18)14-11(19)8(2)20-10-6-4-5-9(13)7-10/h4-8H,3H2,1-2H3,(H,14,16,19). The van der Waals surface area contributed by atoms with Crippen LogP contribution in [0.4, 0.5) is 5.95 Å². The van der Waals surface area contributed by atoms with Gasteiger partial charge in [-0.25, -0.2) is 0 Å². The molecule has 1 unspecified atom stereocenters. The van der Waals surface area contributed by atoms with Gasteiger partial charge in [0.1, 0.15) is 5.75 Å². The fourth-order valence-electron chi connectivity index (χ4n) is 1.44. The summed E-state index contributed by atoms with van der Waals surface area (Å²) in [4.78, 5) is 13.3. The van der Waals surface area contributed by atoms with E-state index < -0.39 is 6.10 Å². The number of nitrogens with zero attached hydrogens (tertiary/aromatic N) is 4. The average molecular weight is 296 g/mol. The second-order valence-electron chi connectivity index (χ2n) is 4.01.